The summed E-state index contributed by atoms with van der Waals surface area (Å²) in [4.78, 5) is 7.69. The predicted octanol–water partition coefficient (Wildman–Crippen LogP) is 4.11. The Labute approximate surface area is 159 Å². The largest absolute Gasteiger partial charge is 0.374 e. The van der Waals surface area contributed by atoms with Crippen LogP contribution in [0, 0.1) is 6.92 Å². The van der Waals surface area contributed by atoms with Crippen LogP contribution in [0.2, 0.25) is 0 Å². The normalized spacial score (nSPS) is 13.7. The number of nitrogens with zero attached hydrogens (tertiary/aromatic N) is 1. The lowest BCUT2D eigenvalue weighted by atomic mass is 9.94. The van der Waals surface area contributed by atoms with Crippen molar-refractivity contribution >= 4 is 23.4 Å². The summed E-state index contributed by atoms with van der Waals surface area (Å²) < 4.78 is 0. The number of aromatic amines is 1. The van der Waals surface area contributed by atoms with Crippen LogP contribution in [-0.2, 0) is 0 Å². The van der Waals surface area contributed by atoms with Crippen molar-refractivity contribution in [3.63, 3.8) is 0 Å². The van der Waals surface area contributed by atoms with Crippen LogP contribution in [-0.4, -0.2) is 9.97 Å². The van der Waals surface area contributed by atoms with Crippen molar-refractivity contribution in [2.24, 2.45) is 0 Å². The summed E-state index contributed by atoms with van der Waals surface area (Å²) in [6.45, 7) is 6.48. The third-order valence-corrected chi connectivity index (χ3v) is 4.84. The van der Waals surface area contributed by atoms with Crippen LogP contribution in [0.1, 0.15) is 29.3 Å². The summed E-state index contributed by atoms with van der Waals surface area (Å²) in [7, 11) is 0. The average Bonchev–Trinajstić information content (AvgIpc) is 2.94. The van der Waals surface area contributed by atoms with Crippen LogP contribution < -0.4 is 15.9 Å². The number of rotatable bonds is 5. The number of nitrogens with one attached hydrogen (secondary N) is 2. The van der Waals surface area contributed by atoms with E-state index in [0.717, 1.165) is 34.3 Å². The van der Waals surface area contributed by atoms with Crippen LogP contribution in [0.5, 0.6) is 0 Å². The summed E-state index contributed by atoms with van der Waals surface area (Å²) in [5.41, 5.74) is 5.40. The molecule has 1 aliphatic rings. The first-order valence-corrected chi connectivity index (χ1v) is 9.20. The third kappa shape index (κ3) is 3.63. The van der Waals surface area contributed by atoms with Gasteiger partial charge < -0.3 is 10.3 Å². The molecule has 2 aromatic heterocycles. The van der Waals surface area contributed by atoms with Crippen molar-refractivity contribution in [1.82, 2.24) is 9.97 Å². The van der Waals surface area contributed by atoms with E-state index >= 15 is 0 Å². The molecule has 134 valence electrons. The first-order chi connectivity index (χ1) is 13.2. The molecule has 1 aromatic carbocycles. The fraction of sp³-hybridized carbons (Fsp3) is 0.125. The maximum absolute atomic E-state index is 4.48. The first kappa shape index (κ1) is 17.1. The van der Waals surface area contributed by atoms with Crippen molar-refractivity contribution in [2.75, 3.05) is 5.32 Å². The Balaban J connectivity index is 1.77. The van der Waals surface area contributed by atoms with Gasteiger partial charge in [0, 0.05) is 39.9 Å². The molecule has 1 atom stereocenters. The van der Waals surface area contributed by atoms with E-state index in [2.05, 4.69) is 82.7 Å². The minimum atomic E-state index is -0.0301. The summed E-state index contributed by atoms with van der Waals surface area (Å²) in [6.07, 6.45) is 13.4. The molecular weight excluding hydrogens is 330 g/mol. The molecule has 0 radical (unpaired) electrons. The maximum Gasteiger partial charge on any atom is 0.0768 e. The molecule has 3 nitrogen and oxygen atoms in total. The highest BCUT2D eigenvalue weighted by Gasteiger charge is 2.18. The molecule has 3 heteroatoms. The number of allylic oxidation sites excluding steroid dienone is 2. The van der Waals surface area contributed by atoms with Gasteiger partial charge in [0.1, 0.15) is 0 Å². The Morgan fingerprint density at radius 1 is 1.22 bits per heavy atom. The van der Waals surface area contributed by atoms with Gasteiger partial charge in [0.25, 0.3) is 0 Å². The van der Waals surface area contributed by atoms with Gasteiger partial charge in [-0.05, 0) is 42.7 Å². The molecule has 3 aromatic rings. The number of aryl methyl sites for hydroxylation is 1. The molecule has 0 amide bonds. The van der Waals surface area contributed by atoms with Crippen molar-refractivity contribution in [3.8, 4) is 0 Å². The second-order valence-electron chi connectivity index (χ2n) is 6.76. The fourth-order valence-corrected chi connectivity index (χ4v) is 3.48. The molecule has 27 heavy (non-hydrogen) atoms. The number of hydrogen-bond donors (Lipinski definition) is 2. The van der Waals surface area contributed by atoms with E-state index in [1.165, 1.54) is 10.8 Å². The minimum Gasteiger partial charge on any atom is -0.374 e. The molecule has 0 bridgehead atoms. The molecule has 1 aliphatic carbocycles. The highest BCUT2D eigenvalue weighted by Crippen LogP contribution is 2.30. The number of fused-ring (bicyclic) bond motifs is 1. The van der Waals surface area contributed by atoms with E-state index in [1.807, 2.05) is 25.3 Å². The summed E-state index contributed by atoms with van der Waals surface area (Å²) >= 11 is 0. The van der Waals surface area contributed by atoms with Gasteiger partial charge in [-0.15, -0.1) is 0 Å². The van der Waals surface area contributed by atoms with Gasteiger partial charge >= 0.3 is 0 Å². The second-order valence-corrected chi connectivity index (χ2v) is 6.76. The van der Waals surface area contributed by atoms with Gasteiger partial charge in [-0.25, -0.2) is 0 Å². The monoisotopic (exact) mass is 353 g/mol. The molecule has 2 heterocycles. The minimum absolute atomic E-state index is 0.0301. The van der Waals surface area contributed by atoms with Crippen LogP contribution >= 0.6 is 0 Å². The highest BCUT2D eigenvalue weighted by atomic mass is 14.9. The van der Waals surface area contributed by atoms with Crippen LogP contribution in [0.25, 0.3) is 17.7 Å². The number of pyridine rings is 1. The lowest BCUT2D eigenvalue weighted by molar-refractivity contribution is 1.00. The van der Waals surface area contributed by atoms with Crippen molar-refractivity contribution in [3.05, 3.63) is 101 Å². The number of H-pyrrole nitrogens is 1. The SMILES string of the molecule is C=C(c1c[nH]c2c1=CCC=CC=2)C(Nc1ccnc(C)c1)c1ccccc1. The van der Waals surface area contributed by atoms with Gasteiger partial charge in [-0.2, -0.15) is 0 Å². The molecule has 0 spiro atoms. The number of benzene rings is 1. The molecule has 0 fully saturated rings. The summed E-state index contributed by atoms with van der Waals surface area (Å²) in [5, 5.41) is 6.01. The Hall–Kier alpha value is -3.33. The van der Waals surface area contributed by atoms with Crippen molar-refractivity contribution in [2.45, 2.75) is 19.4 Å². The molecule has 2 N–H and O–H groups in total. The van der Waals surface area contributed by atoms with E-state index in [1.54, 1.807) is 0 Å². The van der Waals surface area contributed by atoms with Gasteiger partial charge in [0.2, 0.25) is 0 Å². The van der Waals surface area contributed by atoms with E-state index in [9.17, 15) is 0 Å². The topological polar surface area (TPSA) is 40.7 Å². The zero-order chi connectivity index (χ0) is 18.6. The first-order valence-electron chi connectivity index (χ1n) is 9.20. The quantitative estimate of drug-likeness (QED) is 0.725. The Morgan fingerprint density at radius 3 is 2.89 bits per heavy atom. The van der Waals surface area contributed by atoms with Crippen molar-refractivity contribution in [1.29, 1.82) is 0 Å². The van der Waals surface area contributed by atoms with E-state index in [-0.39, 0.29) is 6.04 Å². The lowest BCUT2D eigenvalue weighted by Crippen LogP contribution is -2.25. The van der Waals surface area contributed by atoms with E-state index in [4.69, 9.17) is 0 Å². The van der Waals surface area contributed by atoms with E-state index < -0.39 is 0 Å². The highest BCUT2D eigenvalue weighted by molar-refractivity contribution is 5.74. The standard InChI is InChI=1S/C24H23N3/c1-17-15-20(13-14-25-17)27-24(19-9-5-3-6-10-19)18(2)22-16-26-23-12-8-4-7-11-21(22)23/h3-6,8-16,24,26H,2,7H2,1H3,(H,25,27). The molecule has 1 unspecified atom stereocenters. The molecule has 0 saturated heterocycles. The van der Waals surface area contributed by atoms with Gasteiger partial charge in [-0.1, -0.05) is 55.1 Å². The Morgan fingerprint density at radius 2 is 2.07 bits per heavy atom. The van der Waals surface area contributed by atoms with Gasteiger partial charge in [-0.3, -0.25) is 4.98 Å². The molecule has 0 aliphatic heterocycles. The van der Waals surface area contributed by atoms with Crippen LogP contribution in [0.3, 0.4) is 0 Å². The molecular formula is C24H23N3. The molecule has 0 saturated carbocycles. The number of aromatic nitrogens is 2. The van der Waals surface area contributed by atoms with E-state index in [0.29, 0.717) is 0 Å². The molecule has 4 rings (SSSR count). The zero-order valence-electron chi connectivity index (χ0n) is 15.4. The lowest BCUT2D eigenvalue weighted by Gasteiger charge is -2.23. The van der Waals surface area contributed by atoms with Crippen LogP contribution in [0.15, 0.2) is 73.6 Å². The third-order valence-electron chi connectivity index (χ3n) is 4.84. The van der Waals surface area contributed by atoms with Gasteiger partial charge in [0.15, 0.2) is 0 Å². The number of hydrogen-bond acceptors (Lipinski definition) is 2. The smallest absolute Gasteiger partial charge is 0.0768 e. The zero-order valence-corrected chi connectivity index (χ0v) is 15.4. The average molecular weight is 353 g/mol. The second kappa shape index (κ2) is 7.50. The van der Waals surface area contributed by atoms with Gasteiger partial charge in [0.05, 0.1) is 6.04 Å². The summed E-state index contributed by atoms with van der Waals surface area (Å²) in [5.74, 6) is 0. The fourth-order valence-electron chi connectivity index (χ4n) is 3.48. The Kier molecular flexibility index (Phi) is 4.75. The Bertz CT molecular complexity index is 1100. The predicted molar refractivity (Wildman–Crippen MR) is 114 cm³/mol. The van der Waals surface area contributed by atoms with Crippen molar-refractivity contribution < 1.29 is 0 Å². The summed E-state index contributed by atoms with van der Waals surface area (Å²) in [6, 6.07) is 14.5. The van der Waals surface area contributed by atoms with Crippen LogP contribution in [0.4, 0.5) is 5.69 Å². The number of anilines is 1. The maximum atomic E-state index is 4.48.